The maximum absolute atomic E-state index is 12.0. The van der Waals surface area contributed by atoms with Crippen LogP contribution < -0.4 is 11.1 Å². The lowest BCUT2D eigenvalue weighted by atomic mass is 10.2. The molecular formula is C12H9BrN4O3. The monoisotopic (exact) mass is 336 g/mol. The molecule has 0 radical (unpaired) electrons. The van der Waals surface area contributed by atoms with Gasteiger partial charge in [0.25, 0.3) is 11.6 Å². The van der Waals surface area contributed by atoms with Crippen LogP contribution in [0.25, 0.3) is 0 Å². The van der Waals surface area contributed by atoms with Crippen molar-refractivity contribution in [3.63, 3.8) is 0 Å². The number of amides is 1. The Morgan fingerprint density at radius 2 is 2.15 bits per heavy atom. The molecule has 0 bridgehead atoms. The summed E-state index contributed by atoms with van der Waals surface area (Å²) in [5.41, 5.74) is 6.17. The van der Waals surface area contributed by atoms with Crippen molar-refractivity contribution in [1.82, 2.24) is 4.98 Å². The largest absolute Gasteiger partial charge is 0.383 e. The third-order valence-electron chi connectivity index (χ3n) is 2.49. The number of aromatic nitrogens is 1. The van der Waals surface area contributed by atoms with Gasteiger partial charge in [-0.25, -0.2) is 4.98 Å². The van der Waals surface area contributed by atoms with Gasteiger partial charge in [0, 0.05) is 22.8 Å². The van der Waals surface area contributed by atoms with E-state index in [1.54, 1.807) is 6.07 Å². The van der Waals surface area contributed by atoms with E-state index in [-0.39, 0.29) is 17.1 Å². The summed E-state index contributed by atoms with van der Waals surface area (Å²) in [6, 6.07) is 7.18. The maximum Gasteiger partial charge on any atom is 0.270 e. The van der Waals surface area contributed by atoms with Crippen LogP contribution in [0.15, 0.2) is 41.0 Å². The molecule has 0 saturated heterocycles. The van der Waals surface area contributed by atoms with Crippen molar-refractivity contribution in [2.24, 2.45) is 0 Å². The number of nitro groups is 1. The van der Waals surface area contributed by atoms with Crippen molar-refractivity contribution in [3.05, 3.63) is 56.7 Å². The Labute approximate surface area is 122 Å². The minimum atomic E-state index is -0.518. The number of hydrogen-bond donors (Lipinski definition) is 2. The highest BCUT2D eigenvalue weighted by Crippen LogP contribution is 2.27. The molecule has 8 heteroatoms. The molecule has 102 valence electrons. The van der Waals surface area contributed by atoms with E-state index in [2.05, 4.69) is 26.2 Å². The number of hydrogen-bond acceptors (Lipinski definition) is 5. The lowest BCUT2D eigenvalue weighted by molar-refractivity contribution is -0.384. The van der Waals surface area contributed by atoms with E-state index in [1.807, 2.05) is 0 Å². The van der Waals surface area contributed by atoms with Gasteiger partial charge in [-0.2, -0.15) is 0 Å². The smallest absolute Gasteiger partial charge is 0.270 e. The van der Waals surface area contributed by atoms with Gasteiger partial charge in [0.15, 0.2) is 0 Å². The molecular weight excluding hydrogens is 328 g/mol. The van der Waals surface area contributed by atoms with E-state index in [4.69, 9.17) is 5.73 Å². The second-order valence-corrected chi connectivity index (χ2v) is 4.67. The lowest BCUT2D eigenvalue weighted by Crippen LogP contribution is -2.15. The second kappa shape index (κ2) is 5.66. The number of rotatable bonds is 3. The Morgan fingerprint density at radius 3 is 2.75 bits per heavy atom. The summed E-state index contributed by atoms with van der Waals surface area (Å²) >= 11 is 3.17. The van der Waals surface area contributed by atoms with E-state index < -0.39 is 10.8 Å². The van der Waals surface area contributed by atoms with Crippen molar-refractivity contribution in [2.75, 3.05) is 11.1 Å². The van der Waals surface area contributed by atoms with Crippen LogP contribution in [0.2, 0.25) is 0 Å². The third kappa shape index (κ3) is 2.91. The number of nitrogens with two attached hydrogens (primary N) is 1. The zero-order valence-electron chi connectivity index (χ0n) is 10.0. The van der Waals surface area contributed by atoms with Gasteiger partial charge in [-0.15, -0.1) is 0 Å². The molecule has 0 saturated carbocycles. The predicted octanol–water partition coefficient (Wildman–Crippen LogP) is 2.59. The zero-order chi connectivity index (χ0) is 14.7. The molecule has 0 aliphatic rings. The number of carbonyl (C=O) groups excluding carboxylic acids is 1. The molecule has 0 unspecified atom stereocenters. The van der Waals surface area contributed by atoms with Crippen molar-refractivity contribution < 1.29 is 9.72 Å². The average molecular weight is 337 g/mol. The van der Waals surface area contributed by atoms with Gasteiger partial charge in [0.2, 0.25) is 0 Å². The van der Waals surface area contributed by atoms with E-state index in [0.717, 1.165) is 0 Å². The normalized spacial score (nSPS) is 10.1. The van der Waals surface area contributed by atoms with Crippen LogP contribution in [0, 0.1) is 10.1 Å². The Kier molecular flexibility index (Phi) is 3.94. The van der Waals surface area contributed by atoms with Gasteiger partial charge < -0.3 is 11.1 Å². The Morgan fingerprint density at radius 1 is 1.40 bits per heavy atom. The van der Waals surface area contributed by atoms with E-state index in [0.29, 0.717) is 10.2 Å². The number of nitrogens with one attached hydrogen (secondary N) is 1. The quantitative estimate of drug-likeness (QED) is 0.660. The Hall–Kier alpha value is -2.48. The molecule has 1 amide bonds. The number of pyridine rings is 1. The number of non-ortho nitro benzene ring substituents is 1. The summed E-state index contributed by atoms with van der Waals surface area (Å²) < 4.78 is 0.405. The summed E-state index contributed by atoms with van der Waals surface area (Å²) in [5, 5.41) is 13.2. The van der Waals surface area contributed by atoms with Gasteiger partial charge in [-0.1, -0.05) is 0 Å². The van der Waals surface area contributed by atoms with Crippen LogP contribution in [0.5, 0.6) is 0 Å². The molecule has 0 spiro atoms. The Balaban J connectivity index is 2.25. The van der Waals surface area contributed by atoms with E-state index >= 15 is 0 Å². The van der Waals surface area contributed by atoms with Crippen LogP contribution in [0.3, 0.4) is 0 Å². The van der Waals surface area contributed by atoms with Crippen molar-refractivity contribution in [1.29, 1.82) is 0 Å². The molecule has 1 heterocycles. The molecule has 2 rings (SSSR count). The summed E-state index contributed by atoms with van der Waals surface area (Å²) in [6.45, 7) is 0. The highest BCUT2D eigenvalue weighted by molar-refractivity contribution is 9.10. The molecule has 20 heavy (non-hydrogen) atoms. The molecule has 0 aliphatic heterocycles. The van der Waals surface area contributed by atoms with E-state index in [1.165, 1.54) is 30.5 Å². The van der Waals surface area contributed by atoms with E-state index in [9.17, 15) is 14.9 Å². The summed E-state index contributed by atoms with van der Waals surface area (Å²) in [6.07, 6.45) is 1.48. The minimum Gasteiger partial charge on any atom is -0.383 e. The first kappa shape index (κ1) is 13.9. The van der Waals surface area contributed by atoms with Crippen LogP contribution in [0.1, 0.15) is 10.4 Å². The highest BCUT2D eigenvalue weighted by atomic mass is 79.9. The maximum atomic E-state index is 12.0. The number of benzene rings is 1. The molecule has 1 aromatic heterocycles. The van der Waals surface area contributed by atoms with Gasteiger partial charge in [0.05, 0.1) is 16.2 Å². The number of anilines is 2. The topological polar surface area (TPSA) is 111 Å². The first-order valence-electron chi connectivity index (χ1n) is 5.45. The third-order valence-corrected chi connectivity index (χ3v) is 3.15. The van der Waals surface area contributed by atoms with Gasteiger partial charge in [-0.05, 0) is 34.1 Å². The fraction of sp³-hybridized carbons (Fsp3) is 0. The fourth-order valence-corrected chi connectivity index (χ4v) is 1.98. The standard InChI is InChI=1S/C12H9BrN4O3/c13-9-6-7(17(19)20)3-4-10(9)16-12(18)8-2-1-5-15-11(8)14/h1-6H,(H2,14,15)(H,16,18). The first-order valence-corrected chi connectivity index (χ1v) is 6.24. The van der Waals surface area contributed by atoms with Crippen molar-refractivity contribution in [2.45, 2.75) is 0 Å². The highest BCUT2D eigenvalue weighted by Gasteiger charge is 2.14. The molecule has 2 aromatic rings. The molecule has 0 aliphatic carbocycles. The lowest BCUT2D eigenvalue weighted by Gasteiger charge is -2.08. The molecule has 3 N–H and O–H groups in total. The fourth-order valence-electron chi connectivity index (χ4n) is 1.52. The SMILES string of the molecule is Nc1ncccc1C(=O)Nc1ccc([N+](=O)[O-])cc1Br. The second-order valence-electron chi connectivity index (χ2n) is 3.81. The van der Waals surface area contributed by atoms with Gasteiger partial charge in [0.1, 0.15) is 5.82 Å². The molecule has 0 fully saturated rings. The molecule has 0 atom stereocenters. The van der Waals surface area contributed by atoms with Crippen molar-refractivity contribution in [3.8, 4) is 0 Å². The number of nitrogens with zero attached hydrogens (tertiary/aromatic N) is 2. The van der Waals surface area contributed by atoms with Crippen LogP contribution in [-0.2, 0) is 0 Å². The van der Waals surface area contributed by atoms with Crippen LogP contribution in [0.4, 0.5) is 17.2 Å². The minimum absolute atomic E-state index is 0.0734. The van der Waals surface area contributed by atoms with Crippen molar-refractivity contribution >= 4 is 39.0 Å². The average Bonchev–Trinajstić information content (AvgIpc) is 2.41. The molecule has 1 aromatic carbocycles. The summed E-state index contributed by atoms with van der Waals surface area (Å²) in [7, 11) is 0. The number of carbonyl (C=O) groups is 1. The number of halogens is 1. The Bertz CT molecular complexity index is 690. The van der Waals surface area contributed by atoms with Gasteiger partial charge in [-0.3, -0.25) is 14.9 Å². The van der Waals surface area contributed by atoms with Crippen LogP contribution >= 0.6 is 15.9 Å². The van der Waals surface area contributed by atoms with Crippen LogP contribution in [-0.4, -0.2) is 15.8 Å². The predicted molar refractivity (Wildman–Crippen MR) is 77.4 cm³/mol. The summed E-state index contributed by atoms with van der Waals surface area (Å²) in [5.74, 6) is -0.326. The zero-order valence-corrected chi connectivity index (χ0v) is 11.6. The van der Waals surface area contributed by atoms with Gasteiger partial charge >= 0.3 is 0 Å². The number of nitro benzene ring substituents is 1. The molecule has 7 nitrogen and oxygen atoms in total. The number of nitrogen functional groups attached to an aromatic ring is 1. The summed E-state index contributed by atoms with van der Waals surface area (Å²) in [4.78, 5) is 25.9. The first-order chi connectivity index (χ1) is 9.49.